The van der Waals surface area contributed by atoms with Crippen molar-refractivity contribution in [2.45, 2.75) is 6.92 Å². The average molecular weight is 329 g/mol. The highest BCUT2D eigenvalue weighted by Gasteiger charge is 2.38. The fraction of sp³-hybridized carbons (Fsp3) is 0.353. The second-order valence-electron chi connectivity index (χ2n) is 6.02. The van der Waals surface area contributed by atoms with Gasteiger partial charge in [0.2, 0.25) is 0 Å². The van der Waals surface area contributed by atoms with Gasteiger partial charge in [-0.2, -0.15) is 5.10 Å². The van der Waals surface area contributed by atoms with Crippen LogP contribution in [0.4, 0.5) is 0 Å². The summed E-state index contributed by atoms with van der Waals surface area (Å²) >= 11 is 0. The van der Waals surface area contributed by atoms with Crippen molar-refractivity contribution in [1.82, 2.24) is 15.1 Å². The molecule has 0 spiro atoms. The largest absolute Gasteiger partial charge is 0.497 e. The predicted octanol–water partition coefficient (Wildman–Crippen LogP) is 1.88. The first kappa shape index (κ1) is 16.0. The molecule has 126 valence electrons. The number of benzene rings is 1. The van der Waals surface area contributed by atoms with E-state index in [4.69, 9.17) is 4.74 Å². The van der Waals surface area contributed by atoms with E-state index >= 15 is 0 Å². The maximum atomic E-state index is 12.8. The van der Waals surface area contributed by atoms with Crippen LogP contribution in [-0.4, -0.2) is 52.3 Å². The van der Waals surface area contributed by atoms with Gasteiger partial charge in [0, 0.05) is 18.7 Å². The predicted molar refractivity (Wildman–Crippen MR) is 86.8 cm³/mol. The number of likely N-dealkylation sites (tertiary alicyclic amines) is 1. The Morgan fingerprint density at radius 1 is 1.29 bits per heavy atom. The average Bonchev–Trinajstić information content (AvgIpc) is 3.21. The molecule has 1 aliphatic rings. The quantitative estimate of drug-likeness (QED) is 0.893. The molecule has 1 aromatic heterocycles. The molecule has 0 aliphatic carbocycles. The highest BCUT2D eigenvalue weighted by Crippen LogP contribution is 2.28. The van der Waals surface area contributed by atoms with E-state index in [-0.39, 0.29) is 18.4 Å². The van der Waals surface area contributed by atoms with Gasteiger partial charge in [-0.1, -0.05) is 6.92 Å². The first-order valence-electron chi connectivity index (χ1n) is 7.71. The Balaban J connectivity index is 1.84. The van der Waals surface area contributed by atoms with Gasteiger partial charge in [0.05, 0.1) is 30.5 Å². The van der Waals surface area contributed by atoms with Crippen LogP contribution in [0.25, 0.3) is 11.3 Å². The lowest BCUT2D eigenvalue weighted by Gasteiger charge is -2.16. The fourth-order valence-electron chi connectivity index (χ4n) is 3.05. The molecule has 2 N–H and O–H groups in total. The minimum atomic E-state index is -0.861. The molecule has 24 heavy (non-hydrogen) atoms. The van der Waals surface area contributed by atoms with E-state index in [1.807, 2.05) is 31.2 Å². The van der Waals surface area contributed by atoms with Crippen LogP contribution in [0.15, 0.2) is 30.5 Å². The first-order chi connectivity index (χ1) is 11.5. The van der Waals surface area contributed by atoms with E-state index in [2.05, 4.69) is 10.2 Å². The van der Waals surface area contributed by atoms with E-state index in [0.29, 0.717) is 17.8 Å². The molecule has 1 saturated heterocycles. The summed E-state index contributed by atoms with van der Waals surface area (Å²) in [6, 6.07) is 7.30. The summed E-state index contributed by atoms with van der Waals surface area (Å²) in [5, 5.41) is 16.1. The molecule has 2 heterocycles. The van der Waals surface area contributed by atoms with Gasteiger partial charge in [-0.15, -0.1) is 0 Å². The Morgan fingerprint density at radius 2 is 2.00 bits per heavy atom. The molecule has 1 amide bonds. The van der Waals surface area contributed by atoms with Gasteiger partial charge in [0.25, 0.3) is 5.91 Å². The van der Waals surface area contributed by atoms with Gasteiger partial charge in [0.1, 0.15) is 5.75 Å². The lowest BCUT2D eigenvalue weighted by molar-refractivity contribution is -0.142. The normalized spacial score (nSPS) is 20.2. The van der Waals surface area contributed by atoms with Crippen molar-refractivity contribution in [3.05, 3.63) is 36.0 Å². The SMILES string of the molecule is COc1ccc(-c2[nH]ncc2C(=O)N2C[C@@H](C)[C@H](C(=O)O)C2)cc1. The van der Waals surface area contributed by atoms with Crippen molar-refractivity contribution in [2.75, 3.05) is 20.2 Å². The number of aromatic amines is 1. The standard InChI is InChI=1S/C17H19N3O4/c1-10-8-20(9-14(10)17(22)23)16(21)13-7-18-19-15(13)11-3-5-12(24-2)6-4-11/h3-7,10,14H,8-9H2,1-2H3,(H,18,19)(H,22,23)/t10-,14-/m1/s1. The van der Waals surface area contributed by atoms with Gasteiger partial charge >= 0.3 is 5.97 Å². The Morgan fingerprint density at radius 3 is 2.58 bits per heavy atom. The third-order valence-corrected chi connectivity index (χ3v) is 4.47. The molecule has 0 radical (unpaired) electrons. The molecule has 1 aromatic carbocycles. The maximum absolute atomic E-state index is 12.8. The van der Waals surface area contributed by atoms with E-state index in [0.717, 1.165) is 11.3 Å². The molecular formula is C17H19N3O4. The molecule has 1 fully saturated rings. The van der Waals surface area contributed by atoms with Crippen molar-refractivity contribution in [3.8, 4) is 17.0 Å². The molecule has 2 atom stereocenters. The van der Waals surface area contributed by atoms with Crippen molar-refractivity contribution >= 4 is 11.9 Å². The number of methoxy groups -OCH3 is 1. The zero-order valence-electron chi connectivity index (χ0n) is 13.5. The number of carbonyl (C=O) groups excluding carboxylic acids is 1. The van der Waals surface area contributed by atoms with Crippen molar-refractivity contribution < 1.29 is 19.4 Å². The van der Waals surface area contributed by atoms with Gasteiger partial charge in [-0.05, 0) is 30.2 Å². The molecular weight excluding hydrogens is 310 g/mol. The molecule has 3 rings (SSSR count). The number of hydrogen-bond donors (Lipinski definition) is 2. The van der Waals surface area contributed by atoms with Crippen LogP contribution in [0.2, 0.25) is 0 Å². The number of hydrogen-bond acceptors (Lipinski definition) is 4. The number of aromatic nitrogens is 2. The van der Waals surface area contributed by atoms with Crippen molar-refractivity contribution in [3.63, 3.8) is 0 Å². The van der Waals surface area contributed by atoms with Crippen LogP contribution >= 0.6 is 0 Å². The summed E-state index contributed by atoms with van der Waals surface area (Å²) in [7, 11) is 1.59. The summed E-state index contributed by atoms with van der Waals surface area (Å²) < 4.78 is 5.13. The Kier molecular flexibility index (Phi) is 4.24. The Bertz CT molecular complexity index is 753. The number of carbonyl (C=O) groups is 2. The van der Waals surface area contributed by atoms with Crippen LogP contribution in [-0.2, 0) is 4.79 Å². The minimum Gasteiger partial charge on any atom is -0.497 e. The highest BCUT2D eigenvalue weighted by atomic mass is 16.5. The van der Waals surface area contributed by atoms with Crippen LogP contribution < -0.4 is 4.74 Å². The smallest absolute Gasteiger partial charge is 0.308 e. The minimum absolute atomic E-state index is 0.0669. The Hall–Kier alpha value is -2.83. The maximum Gasteiger partial charge on any atom is 0.308 e. The van der Waals surface area contributed by atoms with Crippen LogP contribution in [0, 0.1) is 11.8 Å². The van der Waals surface area contributed by atoms with E-state index < -0.39 is 11.9 Å². The van der Waals surface area contributed by atoms with Crippen LogP contribution in [0.1, 0.15) is 17.3 Å². The van der Waals surface area contributed by atoms with Gasteiger partial charge in [-0.3, -0.25) is 14.7 Å². The molecule has 0 unspecified atom stereocenters. The summed E-state index contributed by atoms with van der Waals surface area (Å²) in [4.78, 5) is 25.6. The number of carboxylic acid groups (broad SMARTS) is 1. The monoisotopic (exact) mass is 329 g/mol. The molecule has 1 aliphatic heterocycles. The second-order valence-corrected chi connectivity index (χ2v) is 6.02. The fourth-order valence-corrected chi connectivity index (χ4v) is 3.05. The van der Waals surface area contributed by atoms with E-state index in [1.54, 1.807) is 12.0 Å². The third-order valence-electron chi connectivity index (χ3n) is 4.47. The summed E-state index contributed by atoms with van der Waals surface area (Å²) in [5.74, 6) is -0.928. The zero-order valence-corrected chi connectivity index (χ0v) is 13.5. The number of ether oxygens (including phenoxy) is 1. The Labute approximate surface area is 139 Å². The number of carboxylic acids is 1. The van der Waals surface area contributed by atoms with Gasteiger partial charge in [0.15, 0.2) is 0 Å². The molecule has 0 bridgehead atoms. The second kappa shape index (κ2) is 6.35. The topological polar surface area (TPSA) is 95.5 Å². The number of nitrogens with one attached hydrogen (secondary N) is 1. The summed E-state index contributed by atoms with van der Waals surface area (Å²) in [5.41, 5.74) is 1.88. The van der Waals surface area contributed by atoms with E-state index in [1.165, 1.54) is 6.20 Å². The molecule has 7 nitrogen and oxygen atoms in total. The lowest BCUT2D eigenvalue weighted by Crippen LogP contribution is -2.30. The zero-order chi connectivity index (χ0) is 17.3. The molecule has 2 aromatic rings. The summed E-state index contributed by atoms with van der Waals surface area (Å²) in [6.07, 6.45) is 1.49. The van der Waals surface area contributed by atoms with Crippen LogP contribution in [0.3, 0.4) is 0 Å². The van der Waals surface area contributed by atoms with Crippen molar-refractivity contribution in [1.29, 1.82) is 0 Å². The van der Waals surface area contributed by atoms with E-state index in [9.17, 15) is 14.7 Å². The summed E-state index contributed by atoms with van der Waals surface area (Å²) in [6.45, 7) is 2.51. The molecule has 7 heteroatoms. The lowest BCUT2D eigenvalue weighted by atomic mass is 9.99. The molecule has 0 saturated carbocycles. The first-order valence-corrected chi connectivity index (χ1v) is 7.71. The van der Waals surface area contributed by atoms with Gasteiger partial charge < -0.3 is 14.7 Å². The highest BCUT2D eigenvalue weighted by molar-refractivity contribution is 6.00. The van der Waals surface area contributed by atoms with Gasteiger partial charge in [-0.25, -0.2) is 0 Å². The number of rotatable bonds is 4. The van der Waals surface area contributed by atoms with Crippen molar-refractivity contribution in [2.24, 2.45) is 11.8 Å². The third kappa shape index (κ3) is 2.84. The number of aliphatic carboxylic acids is 1. The number of amides is 1. The number of H-pyrrole nitrogens is 1. The van der Waals surface area contributed by atoms with Crippen LogP contribution in [0.5, 0.6) is 5.75 Å². The number of nitrogens with zero attached hydrogens (tertiary/aromatic N) is 2.